The van der Waals surface area contributed by atoms with Crippen molar-refractivity contribution in [2.24, 2.45) is 0 Å². The van der Waals surface area contributed by atoms with Crippen molar-refractivity contribution in [1.82, 2.24) is 4.90 Å². The van der Waals surface area contributed by atoms with Crippen molar-refractivity contribution < 1.29 is 9.90 Å². The first-order valence-electron chi connectivity index (χ1n) is 4.48. The van der Waals surface area contributed by atoms with Gasteiger partial charge in [-0.15, -0.1) is 0 Å². The first kappa shape index (κ1) is 10.7. The Bertz CT molecular complexity index is 345. The van der Waals surface area contributed by atoms with E-state index in [-0.39, 0.29) is 11.5 Å². The van der Waals surface area contributed by atoms with Crippen LogP contribution in [-0.2, 0) is 0 Å². The highest BCUT2D eigenvalue weighted by Crippen LogP contribution is 2.18. The molecule has 0 aliphatic carbocycles. The lowest BCUT2D eigenvalue weighted by atomic mass is 10.1. The number of rotatable bonds is 3. The molecule has 0 unspecified atom stereocenters. The van der Waals surface area contributed by atoms with Crippen molar-refractivity contribution in [3.63, 3.8) is 0 Å². The zero-order chi connectivity index (χ0) is 10.7. The van der Waals surface area contributed by atoms with Crippen LogP contribution in [-0.4, -0.2) is 36.4 Å². The molecule has 3 heteroatoms. The van der Waals surface area contributed by atoms with Gasteiger partial charge in [-0.2, -0.15) is 0 Å². The largest absolute Gasteiger partial charge is 0.507 e. The lowest BCUT2D eigenvalue weighted by molar-refractivity contribution is 0.0955. The molecule has 1 rings (SSSR count). The average Bonchev–Trinajstić information content (AvgIpc) is 2.08. The molecule has 76 valence electrons. The molecule has 0 heterocycles. The maximum atomic E-state index is 11.6. The van der Waals surface area contributed by atoms with Crippen LogP contribution in [0.4, 0.5) is 0 Å². The van der Waals surface area contributed by atoms with E-state index in [9.17, 15) is 9.90 Å². The Morgan fingerprint density at radius 3 is 2.64 bits per heavy atom. The Morgan fingerprint density at radius 1 is 1.43 bits per heavy atom. The summed E-state index contributed by atoms with van der Waals surface area (Å²) in [4.78, 5) is 13.4. The van der Waals surface area contributed by atoms with Gasteiger partial charge in [-0.05, 0) is 33.2 Å². The summed E-state index contributed by atoms with van der Waals surface area (Å²) in [6.45, 7) is 2.21. The molecule has 0 saturated heterocycles. The zero-order valence-corrected chi connectivity index (χ0v) is 8.74. The summed E-state index contributed by atoms with van der Waals surface area (Å²) in [7, 11) is 3.65. The number of hydrogen-bond donors (Lipinski definition) is 1. The number of likely N-dealkylation sites (N-methyl/N-ethyl adjacent to an activating group) is 1. The molecule has 0 aliphatic heterocycles. The number of nitrogens with zero attached hydrogens (tertiary/aromatic N) is 1. The van der Waals surface area contributed by atoms with E-state index in [0.717, 1.165) is 5.56 Å². The van der Waals surface area contributed by atoms with E-state index in [0.29, 0.717) is 12.1 Å². The molecule has 0 fully saturated rings. The number of phenols is 1. The summed E-state index contributed by atoms with van der Waals surface area (Å²) in [6.07, 6.45) is 0. The first-order chi connectivity index (χ1) is 6.50. The van der Waals surface area contributed by atoms with Crippen LogP contribution >= 0.6 is 0 Å². The third-order valence-electron chi connectivity index (χ3n) is 1.91. The fourth-order valence-electron chi connectivity index (χ4n) is 1.25. The lowest BCUT2D eigenvalue weighted by Crippen LogP contribution is -2.21. The molecule has 0 spiro atoms. The third kappa shape index (κ3) is 2.57. The van der Waals surface area contributed by atoms with Crippen LogP contribution in [0.5, 0.6) is 5.75 Å². The van der Waals surface area contributed by atoms with E-state index >= 15 is 0 Å². The van der Waals surface area contributed by atoms with Gasteiger partial charge in [-0.25, -0.2) is 0 Å². The number of carbonyl (C=O) groups excluding carboxylic acids is 1. The number of Topliss-reactive ketones (excluding diaryl/α,β-unsaturated/α-hetero) is 1. The van der Waals surface area contributed by atoms with Crippen LogP contribution < -0.4 is 0 Å². The van der Waals surface area contributed by atoms with Gasteiger partial charge in [0.25, 0.3) is 0 Å². The molecule has 1 aromatic rings. The van der Waals surface area contributed by atoms with E-state index in [1.54, 1.807) is 23.1 Å². The van der Waals surface area contributed by atoms with Crippen LogP contribution in [0.25, 0.3) is 0 Å². The minimum Gasteiger partial charge on any atom is -0.507 e. The normalized spacial score (nSPS) is 10.6. The highest BCUT2D eigenvalue weighted by molar-refractivity contribution is 6.00. The molecule has 3 nitrogen and oxygen atoms in total. The summed E-state index contributed by atoms with van der Waals surface area (Å²) in [5.74, 6) is -0.00125. The van der Waals surface area contributed by atoms with Crippen molar-refractivity contribution in [1.29, 1.82) is 0 Å². The number of benzene rings is 1. The van der Waals surface area contributed by atoms with E-state index < -0.39 is 0 Å². The predicted molar refractivity (Wildman–Crippen MR) is 55.7 cm³/mol. The topological polar surface area (TPSA) is 40.5 Å². The quantitative estimate of drug-likeness (QED) is 0.738. The number of hydrogen-bond acceptors (Lipinski definition) is 3. The minimum absolute atomic E-state index is 0.0578. The molecule has 14 heavy (non-hydrogen) atoms. The summed E-state index contributed by atoms with van der Waals surface area (Å²) in [5.41, 5.74) is 1.38. The van der Waals surface area contributed by atoms with Crippen molar-refractivity contribution in [2.75, 3.05) is 20.6 Å². The molecule has 0 amide bonds. The number of carbonyl (C=O) groups is 1. The SMILES string of the molecule is Cc1ccc(O)c(C(=O)CN(C)C)c1. The number of aryl methyl sites for hydroxylation is 1. The summed E-state index contributed by atoms with van der Waals surface area (Å²) in [6, 6.07) is 5.04. The second kappa shape index (κ2) is 4.24. The summed E-state index contributed by atoms with van der Waals surface area (Å²) < 4.78 is 0. The Morgan fingerprint density at radius 2 is 2.07 bits per heavy atom. The standard InChI is InChI=1S/C11H15NO2/c1-8-4-5-10(13)9(6-8)11(14)7-12(2)3/h4-6,13H,7H2,1-3H3. The minimum atomic E-state index is -0.0591. The van der Waals surface area contributed by atoms with Gasteiger partial charge in [0, 0.05) is 0 Å². The highest BCUT2D eigenvalue weighted by atomic mass is 16.3. The van der Waals surface area contributed by atoms with Crippen LogP contribution in [0.15, 0.2) is 18.2 Å². The van der Waals surface area contributed by atoms with Crippen molar-refractivity contribution in [2.45, 2.75) is 6.92 Å². The summed E-state index contributed by atoms with van der Waals surface area (Å²) >= 11 is 0. The Balaban J connectivity index is 2.94. The molecular weight excluding hydrogens is 178 g/mol. The smallest absolute Gasteiger partial charge is 0.180 e. The van der Waals surface area contributed by atoms with Crippen LogP contribution in [0.2, 0.25) is 0 Å². The van der Waals surface area contributed by atoms with E-state index in [1.807, 2.05) is 21.0 Å². The zero-order valence-electron chi connectivity index (χ0n) is 8.74. The van der Waals surface area contributed by atoms with E-state index in [1.165, 1.54) is 0 Å². The van der Waals surface area contributed by atoms with Gasteiger partial charge in [0.1, 0.15) is 5.75 Å². The van der Waals surface area contributed by atoms with Gasteiger partial charge in [0.15, 0.2) is 5.78 Å². The second-order valence-electron chi connectivity index (χ2n) is 3.68. The molecule has 0 atom stereocenters. The maximum Gasteiger partial charge on any atom is 0.180 e. The Labute approximate surface area is 84.0 Å². The van der Waals surface area contributed by atoms with Gasteiger partial charge in [0.05, 0.1) is 12.1 Å². The van der Waals surface area contributed by atoms with Crippen LogP contribution in [0.1, 0.15) is 15.9 Å². The summed E-state index contributed by atoms with van der Waals surface area (Å²) in [5, 5.41) is 9.48. The van der Waals surface area contributed by atoms with E-state index in [2.05, 4.69) is 0 Å². The number of aromatic hydroxyl groups is 1. The molecule has 0 radical (unpaired) electrons. The average molecular weight is 193 g/mol. The van der Waals surface area contributed by atoms with Crippen molar-refractivity contribution >= 4 is 5.78 Å². The molecule has 1 aromatic carbocycles. The van der Waals surface area contributed by atoms with Crippen molar-refractivity contribution in [3.8, 4) is 5.75 Å². The fraction of sp³-hybridized carbons (Fsp3) is 0.364. The van der Waals surface area contributed by atoms with E-state index in [4.69, 9.17) is 0 Å². The van der Waals surface area contributed by atoms with Gasteiger partial charge in [0.2, 0.25) is 0 Å². The Kier molecular flexibility index (Phi) is 3.25. The first-order valence-corrected chi connectivity index (χ1v) is 4.48. The van der Waals surface area contributed by atoms with Crippen molar-refractivity contribution in [3.05, 3.63) is 29.3 Å². The van der Waals surface area contributed by atoms with Gasteiger partial charge in [-0.1, -0.05) is 11.6 Å². The van der Waals surface area contributed by atoms with Crippen LogP contribution in [0, 0.1) is 6.92 Å². The molecule has 0 aromatic heterocycles. The predicted octanol–water partition coefficient (Wildman–Crippen LogP) is 1.44. The third-order valence-corrected chi connectivity index (χ3v) is 1.91. The highest BCUT2D eigenvalue weighted by Gasteiger charge is 2.11. The number of ketones is 1. The van der Waals surface area contributed by atoms with Gasteiger partial charge in [-0.3, -0.25) is 4.79 Å². The monoisotopic (exact) mass is 193 g/mol. The number of phenolic OH excluding ortho intramolecular Hbond substituents is 1. The molecule has 0 saturated carbocycles. The molecule has 1 N–H and O–H groups in total. The molecular formula is C11H15NO2. The maximum absolute atomic E-state index is 11.6. The second-order valence-corrected chi connectivity index (χ2v) is 3.68. The fourth-order valence-corrected chi connectivity index (χ4v) is 1.25. The molecule has 0 aliphatic rings. The van der Waals surface area contributed by atoms with Crippen LogP contribution in [0.3, 0.4) is 0 Å². The van der Waals surface area contributed by atoms with Gasteiger partial charge >= 0.3 is 0 Å². The Hall–Kier alpha value is -1.35. The molecule has 0 bridgehead atoms. The lowest BCUT2D eigenvalue weighted by Gasteiger charge is -2.09. The van der Waals surface area contributed by atoms with Gasteiger partial charge < -0.3 is 10.0 Å².